The van der Waals surface area contributed by atoms with E-state index in [0.29, 0.717) is 16.8 Å². The Morgan fingerprint density at radius 1 is 1.50 bits per heavy atom. The Bertz CT molecular complexity index is 507. The van der Waals surface area contributed by atoms with Gasteiger partial charge in [-0.05, 0) is 6.92 Å². The molecule has 1 aliphatic rings. The molecule has 0 aromatic carbocycles. The number of rotatable bonds is 3. The highest BCUT2D eigenvalue weighted by Gasteiger charge is 2.29. The summed E-state index contributed by atoms with van der Waals surface area (Å²) in [7, 11) is 0. The first-order valence-electron chi connectivity index (χ1n) is 6.90. The highest BCUT2D eigenvalue weighted by Crippen LogP contribution is 2.30. The molecule has 0 radical (unpaired) electrons. The fraction of sp³-hybridized carbons (Fsp3) is 0.643. The molecule has 0 saturated carbocycles. The molecule has 1 aromatic heterocycles. The van der Waals surface area contributed by atoms with Gasteiger partial charge in [0.15, 0.2) is 5.69 Å². The Morgan fingerprint density at radius 2 is 2.20 bits per heavy atom. The molecule has 110 valence electrons. The van der Waals surface area contributed by atoms with Gasteiger partial charge in [0.2, 0.25) is 0 Å². The van der Waals surface area contributed by atoms with Gasteiger partial charge < -0.3 is 10.0 Å². The second-order valence-corrected chi connectivity index (χ2v) is 6.92. The van der Waals surface area contributed by atoms with Crippen molar-refractivity contribution in [3.63, 3.8) is 0 Å². The number of aromatic nitrogens is 2. The lowest BCUT2D eigenvalue weighted by molar-refractivity contribution is 0.0690. The van der Waals surface area contributed by atoms with Crippen molar-refractivity contribution in [3.05, 3.63) is 17.7 Å². The van der Waals surface area contributed by atoms with Crippen LogP contribution in [0, 0.1) is 0 Å². The molecule has 0 spiro atoms. The SMILES string of the molecule is CC(C)c1ncc(N2CCSC(C)C2C)c(C(=O)O)n1. The summed E-state index contributed by atoms with van der Waals surface area (Å²) in [5.41, 5.74) is 0.760. The normalized spacial score (nSPS) is 23.1. The van der Waals surface area contributed by atoms with Crippen LogP contribution in [0.5, 0.6) is 0 Å². The van der Waals surface area contributed by atoms with E-state index < -0.39 is 5.97 Å². The van der Waals surface area contributed by atoms with Crippen molar-refractivity contribution in [2.75, 3.05) is 17.2 Å². The van der Waals surface area contributed by atoms with Gasteiger partial charge in [0.1, 0.15) is 5.82 Å². The topological polar surface area (TPSA) is 66.3 Å². The quantitative estimate of drug-likeness (QED) is 0.924. The molecule has 1 aromatic rings. The second-order valence-electron chi connectivity index (χ2n) is 5.43. The summed E-state index contributed by atoms with van der Waals surface area (Å²) < 4.78 is 0. The first-order chi connectivity index (χ1) is 9.41. The van der Waals surface area contributed by atoms with E-state index in [9.17, 15) is 9.90 Å². The molecule has 5 nitrogen and oxygen atoms in total. The monoisotopic (exact) mass is 295 g/mol. The molecular weight excluding hydrogens is 274 g/mol. The summed E-state index contributed by atoms with van der Waals surface area (Å²) in [5, 5.41) is 9.90. The van der Waals surface area contributed by atoms with E-state index in [1.807, 2.05) is 25.6 Å². The fourth-order valence-corrected chi connectivity index (χ4v) is 3.41. The van der Waals surface area contributed by atoms with Gasteiger partial charge in [0.25, 0.3) is 0 Å². The average molecular weight is 295 g/mol. The fourth-order valence-electron chi connectivity index (χ4n) is 2.31. The smallest absolute Gasteiger partial charge is 0.356 e. The molecule has 0 aliphatic carbocycles. The molecule has 1 saturated heterocycles. The van der Waals surface area contributed by atoms with Gasteiger partial charge in [0, 0.05) is 29.5 Å². The Hall–Kier alpha value is -1.30. The molecule has 2 rings (SSSR count). The van der Waals surface area contributed by atoms with Crippen molar-refractivity contribution in [3.8, 4) is 0 Å². The number of aromatic carboxylic acids is 1. The van der Waals surface area contributed by atoms with Crippen LogP contribution < -0.4 is 4.90 Å². The summed E-state index contributed by atoms with van der Waals surface area (Å²) >= 11 is 1.92. The lowest BCUT2D eigenvalue weighted by Gasteiger charge is -2.39. The van der Waals surface area contributed by atoms with Crippen molar-refractivity contribution in [1.82, 2.24) is 9.97 Å². The number of thioether (sulfide) groups is 1. The lowest BCUT2D eigenvalue weighted by atomic mass is 10.1. The van der Waals surface area contributed by atoms with Crippen molar-refractivity contribution in [1.29, 1.82) is 0 Å². The van der Waals surface area contributed by atoms with Crippen LogP contribution in [0.15, 0.2) is 6.20 Å². The van der Waals surface area contributed by atoms with Gasteiger partial charge >= 0.3 is 5.97 Å². The maximum Gasteiger partial charge on any atom is 0.356 e. The summed E-state index contributed by atoms with van der Waals surface area (Å²) in [4.78, 5) is 22.2. The van der Waals surface area contributed by atoms with Crippen LogP contribution in [0.4, 0.5) is 5.69 Å². The van der Waals surface area contributed by atoms with Crippen molar-refractivity contribution >= 4 is 23.4 Å². The summed E-state index contributed by atoms with van der Waals surface area (Å²) in [6, 6.07) is 0.278. The maximum atomic E-state index is 11.5. The number of hydrogen-bond acceptors (Lipinski definition) is 5. The average Bonchev–Trinajstić information content (AvgIpc) is 2.41. The van der Waals surface area contributed by atoms with E-state index in [2.05, 4.69) is 28.7 Å². The molecule has 2 atom stereocenters. The van der Waals surface area contributed by atoms with Crippen LogP contribution in [0.25, 0.3) is 0 Å². The molecule has 6 heteroatoms. The molecule has 1 N–H and O–H groups in total. The van der Waals surface area contributed by atoms with Crippen LogP contribution in [0.1, 0.15) is 49.9 Å². The minimum absolute atomic E-state index is 0.120. The zero-order chi connectivity index (χ0) is 14.9. The number of carbonyl (C=O) groups is 1. The third-order valence-corrected chi connectivity index (χ3v) is 5.04. The Labute approximate surface area is 123 Å². The van der Waals surface area contributed by atoms with Crippen LogP contribution in [-0.2, 0) is 0 Å². The molecule has 20 heavy (non-hydrogen) atoms. The molecule has 0 bridgehead atoms. The molecule has 1 fully saturated rings. The third-order valence-electron chi connectivity index (χ3n) is 3.70. The minimum Gasteiger partial charge on any atom is -0.476 e. The van der Waals surface area contributed by atoms with Gasteiger partial charge in [-0.15, -0.1) is 0 Å². The number of carboxylic acids is 1. The predicted octanol–water partition coefficient (Wildman–Crippen LogP) is 2.63. The molecule has 2 unspecified atom stereocenters. The number of carboxylic acid groups (broad SMARTS) is 1. The van der Waals surface area contributed by atoms with E-state index >= 15 is 0 Å². The Kier molecular flexibility index (Phi) is 4.52. The molecular formula is C14H21N3O2S. The van der Waals surface area contributed by atoms with Crippen molar-refractivity contribution < 1.29 is 9.90 Å². The first kappa shape index (κ1) is 15.1. The largest absolute Gasteiger partial charge is 0.476 e. The third kappa shape index (κ3) is 2.90. The van der Waals surface area contributed by atoms with Crippen LogP contribution in [-0.4, -0.2) is 44.6 Å². The summed E-state index contributed by atoms with van der Waals surface area (Å²) in [5.74, 6) is 0.715. The highest BCUT2D eigenvalue weighted by molar-refractivity contribution is 8.00. The van der Waals surface area contributed by atoms with E-state index in [-0.39, 0.29) is 17.7 Å². The predicted molar refractivity (Wildman–Crippen MR) is 81.8 cm³/mol. The van der Waals surface area contributed by atoms with E-state index in [4.69, 9.17) is 0 Å². The highest BCUT2D eigenvalue weighted by atomic mass is 32.2. The van der Waals surface area contributed by atoms with E-state index in [1.165, 1.54) is 0 Å². The standard InChI is InChI=1S/C14H21N3O2S/c1-8(2)13-15-7-11(12(16-13)14(18)19)17-5-6-20-10(4)9(17)3/h7-10H,5-6H2,1-4H3,(H,18,19). The molecule has 1 aliphatic heterocycles. The maximum absolute atomic E-state index is 11.5. The molecule has 2 heterocycles. The summed E-state index contributed by atoms with van der Waals surface area (Å²) in [6.45, 7) is 9.05. The van der Waals surface area contributed by atoms with Crippen LogP contribution >= 0.6 is 11.8 Å². The summed E-state index contributed by atoms with van der Waals surface area (Å²) in [6.07, 6.45) is 1.67. The number of hydrogen-bond donors (Lipinski definition) is 1. The van der Waals surface area contributed by atoms with E-state index in [1.54, 1.807) is 6.20 Å². The Balaban J connectivity index is 2.42. The van der Waals surface area contributed by atoms with Crippen molar-refractivity contribution in [2.24, 2.45) is 0 Å². The number of nitrogens with zero attached hydrogens (tertiary/aromatic N) is 3. The van der Waals surface area contributed by atoms with Crippen molar-refractivity contribution in [2.45, 2.75) is 44.9 Å². The van der Waals surface area contributed by atoms with Gasteiger partial charge in [-0.2, -0.15) is 11.8 Å². The van der Waals surface area contributed by atoms with E-state index in [0.717, 1.165) is 12.3 Å². The lowest BCUT2D eigenvalue weighted by Crippen LogP contribution is -2.45. The number of anilines is 1. The van der Waals surface area contributed by atoms with Gasteiger partial charge in [-0.1, -0.05) is 20.8 Å². The van der Waals surface area contributed by atoms with Gasteiger partial charge in [-0.3, -0.25) is 0 Å². The first-order valence-corrected chi connectivity index (χ1v) is 7.95. The van der Waals surface area contributed by atoms with Crippen LogP contribution in [0.2, 0.25) is 0 Å². The Morgan fingerprint density at radius 3 is 2.80 bits per heavy atom. The van der Waals surface area contributed by atoms with Crippen LogP contribution in [0.3, 0.4) is 0 Å². The van der Waals surface area contributed by atoms with Gasteiger partial charge in [0.05, 0.1) is 11.9 Å². The molecule has 0 amide bonds. The second kappa shape index (κ2) is 5.99. The zero-order valence-corrected chi connectivity index (χ0v) is 13.1. The minimum atomic E-state index is -0.984. The van der Waals surface area contributed by atoms with Gasteiger partial charge in [-0.25, -0.2) is 14.8 Å². The zero-order valence-electron chi connectivity index (χ0n) is 12.3.